The van der Waals surface area contributed by atoms with E-state index in [1.807, 2.05) is 6.08 Å². The molecule has 2 saturated carbocycles. The van der Waals surface area contributed by atoms with Gasteiger partial charge in [0.25, 0.3) is 0 Å². The molecule has 5 heteroatoms. The van der Waals surface area contributed by atoms with Crippen molar-refractivity contribution in [2.45, 2.75) is 62.9 Å². The number of aliphatic hydroxyl groups is 1. The molecule has 0 radical (unpaired) electrons. The summed E-state index contributed by atoms with van der Waals surface area (Å²) in [5.74, 6) is 0.338. The maximum Gasteiger partial charge on any atom is 0.161 e. The number of carbonyl (C=O) groups is 1. The van der Waals surface area contributed by atoms with E-state index in [0.29, 0.717) is 25.2 Å². The first kappa shape index (κ1) is 18.6. The van der Waals surface area contributed by atoms with Crippen molar-refractivity contribution in [3.8, 4) is 0 Å². The Hall–Kier alpha value is -0.750. The van der Waals surface area contributed by atoms with Crippen LogP contribution in [-0.4, -0.2) is 56.6 Å². The summed E-state index contributed by atoms with van der Waals surface area (Å²) in [5, 5.41) is 9.71. The van der Waals surface area contributed by atoms with Crippen LogP contribution in [0.5, 0.6) is 0 Å². The summed E-state index contributed by atoms with van der Waals surface area (Å²) < 4.78 is 16.3. The van der Waals surface area contributed by atoms with Crippen molar-refractivity contribution in [1.29, 1.82) is 0 Å². The topological polar surface area (TPSA) is 65.0 Å². The molecule has 0 spiro atoms. The normalized spacial score (nSPS) is 38.8. The van der Waals surface area contributed by atoms with Crippen molar-refractivity contribution >= 4 is 5.78 Å². The zero-order valence-corrected chi connectivity index (χ0v) is 14.4. The van der Waals surface area contributed by atoms with E-state index in [0.717, 1.165) is 19.3 Å². The predicted molar refractivity (Wildman–Crippen MR) is 87.2 cm³/mol. The summed E-state index contributed by atoms with van der Waals surface area (Å²) in [4.78, 5) is 12.5. The van der Waals surface area contributed by atoms with Crippen molar-refractivity contribution in [2.24, 2.45) is 11.8 Å². The zero-order chi connectivity index (χ0) is 16.8. The van der Waals surface area contributed by atoms with Gasteiger partial charge >= 0.3 is 0 Å². The van der Waals surface area contributed by atoms with Gasteiger partial charge in [0, 0.05) is 33.7 Å². The minimum atomic E-state index is -0.347. The van der Waals surface area contributed by atoms with Crippen molar-refractivity contribution < 1.29 is 24.1 Å². The van der Waals surface area contributed by atoms with Gasteiger partial charge in [0.15, 0.2) is 5.78 Å². The molecule has 6 unspecified atom stereocenters. The van der Waals surface area contributed by atoms with Crippen molar-refractivity contribution in [2.75, 3.05) is 21.3 Å². The first-order valence-corrected chi connectivity index (χ1v) is 8.57. The van der Waals surface area contributed by atoms with Gasteiger partial charge in [0.2, 0.25) is 0 Å². The number of ether oxygens (including phenoxy) is 3. The van der Waals surface area contributed by atoms with Crippen LogP contribution in [0.1, 0.15) is 38.5 Å². The van der Waals surface area contributed by atoms with Gasteiger partial charge in [-0.3, -0.25) is 4.79 Å². The standard InChI is InChI=1S/C18H30O5/c1-21-16-9-5-12(10-18(16)23-3)4-8-15(20)14-7-6-13(19)11-17(14)22-2/h4,8,12-14,16-19H,5-7,9-11H2,1-3H3/b8-4+. The number of methoxy groups -OCH3 is 3. The number of hydrogen-bond acceptors (Lipinski definition) is 5. The van der Waals surface area contributed by atoms with E-state index in [-0.39, 0.29) is 36.1 Å². The predicted octanol–water partition coefficient (Wildman–Crippen LogP) is 2.12. The summed E-state index contributed by atoms with van der Waals surface area (Å²) in [7, 11) is 5.05. The van der Waals surface area contributed by atoms with Gasteiger partial charge in [-0.15, -0.1) is 0 Å². The highest BCUT2D eigenvalue weighted by Gasteiger charge is 2.34. The molecule has 1 N–H and O–H groups in total. The number of ketones is 1. The van der Waals surface area contributed by atoms with E-state index in [4.69, 9.17) is 14.2 Å². The number of hydrogen-bond donors (Lipinski definition) is 1. The van der Waals surface area contributed by atoms with Crippen LogP contribution in [0.2, 0.25) is 0 Å². The average molecular weight is 326 g/mol. The molecule has 2 aliphatic rings. The summed E-state index contributed by atoms with van der Waals surface area (Å²) in [5.41, 5.74) is 0. The molecule has 23 heavy (non-hydrogen) atoms. The highest BCUT2D eigenvalue weighted by atomic mass is 16.5. The van der Waals surface area contributed by atoms with Gasteiger partial charge in [-0.1, -0.05) is 6.08 Å². The van der Waals surface area contributed by atoms with Crippen molar-refractivity contribution in [3.05, 3.63) is 12.2 Å². The second-order valence-electron chi connectivity index (χ2n) is 6.73. The third-order valence-corrected chi connectivity index (χ3v) is 5.34. The van der Waals surface area contributed by atoms with Gasteiger partial charge in [0.05, 0.1) is 24.4 Å². The third-order valence-electron chi connectivity index (χ3n) is 5.34. The molecule has 0 aromatic heterocycles. The summed E-state index contributed by atoms with van der Waals surface area (Å²) >= 11 is 0. The Morgan fingerprint density at radius 2 is 1.61 bits per heavy atom. The van der Waals surface area contributed by atoms with Crippen LogP contribution < -0.4 is 0 Å². The second-order valence-corrected chi connectivity index (χ2v) is 6.73. The Kier molecular flexibility index (Phi) is 7.21. The molecule has 0 amide bonds. The monoisotopic (exact) mass is 326 g/mol. The van der Waals surface area contributed by atoms with Crippen LogP contribution in [0, 0.1) is 11.8 Å². The smallest absolute Gasteiger partial charge is 0.161 e. The molecular formula is C18H30O5. The minimum Gasteiger partial charge on any atom is -0.393 e. The summed E-state index contributed by atoms with van der Waals surface area (Å²) in [6, 6.07) is 0. The quantitative estimate of drug-likeness (QED) is 0.758. The number of aliphatic hydroxyl groups excluding tert-OH is 1. The van der Waals surface area contributed by atoms with Crippen LogP contribution in [-0.2, 0) is 19.0 Å². The Morgan fingerprint density at radius 1 is 0.913 bits per heavy atom. The maximum absolute atomic E-state index is 12.5. The van der Waals surface area contributed by atoms with Gasteiger partial charge < -0.3 is 19.3 Å². The molecule has 6 atom stereocenters. The van der Waals surface area contributed by atoms with Crippen LogP contribution in [0.15, 0.2) is 12.2 Å². The Labute approximate surface area is 139 Å². The van der Waals surface area contributed by atoms with Crippen LogP contribution in [0.3, 0.4) is 0 Å². The fourth-order valence-electron chi connectivity index (χ4n) is 3.87. The molecule has 2 aliphatic carbocycles. The molecule has 2 rings (SSSR count). The molecule has 0 aliphatic heterocycles. The second kappa shape index (κ2) is 8.92. The Morgan fingerprint density at radius 3 is 2.26 bits per heavy atom. The van der Waals surface area contributed by atoms with E-state index < -0.39 is 0 Å². The molecule has 0 aromatic rings. The third kappa shape index (κ3) is 4.86. The Bertz CT molecular complexity index is 408. The summed E-state index contributed by atoms with van der Waals surface area (Å²) in [6.07, 6.45) is 8.24. The van der Waals surface area contributed by atoms with Crippen molar-refractivity contribution in [1.82, 2.24) is 0 Å². The first-order valence-electron chi connectivity index (χ1n) is 8.57. The molecule has 0 aromatic carbocycles. The fraction of sp³-hybridized carbons (Fsp3) is 0.833. The molecule has 0 heterocycles. The maximum atomic E-state index is 12.5. The highest BCUT2D eigenvalue weighted by Crippen LogP contribution is 2.31. The zero-order valence-electron chi connectivity index (χ0n) is 14.4. The molecule has 5 nitrogen and oxygen atoms in total. The van der Waals surface area contributed by atoms with Gasteiger partial charge in [-0.2, -0.15) is 0 Å². The largest absolute Gasteiger partial charge is 0.393 e. The lowest BCUT2D eigenvalue weighted by Crippen LogP contribution is -2.38. The SMILES string of the molecule is COC1CCC(/C=C/C(=O)C2CCC(O)CC2OC)CC1OC. The number of carbonyl (C=O) groups excluding carboxylic acids is 1. The van der Waals surface area contributed by atoms with E-state index in [9.17, 15) is 9.90 Å². The fourth-order valence-corrected chi connectivity index (χ4v) is 3.87. The lowest BCUT2D eigenvalue weighted by molar-refractivity contribution is -0.126. The minimum absolute atomic E-state index is 0.0926. The van der Waals surface area contributed by atoms with E-state index in [1.165, 1.54) is 0 Å². The average Bonchev–Trinajstić information content (AvgIpc) is 2.59. The lowest BCUT2D eigenvalue weighted by Gasteiger charge is -2.33. The molecule has 0 bridgehead atoms. The molecule has 132 valence electrons. The van der Waals surface area contributed by atoms with Gasteiger partial charge in [0.1, 0.15) is 0 Å². The summed E-state index contributed by atoms with van der Waals surface area (Å²) in [6.45, 7) is 0. The van der Waals surface area contributed by atoms with Gasteiger partial charge in [-0.25, -0.2) is 0 Å². The number of allylic oxidation sites excluding steroid dienone is 2. The van der Waals surface area contributed by atoms with Crippen molar-refractivity contribution in [3.63, 3.8) is 0 Å². The molecule has 0 saturated heterocycles. The van der Waals surface area contributed by atoms with E-state index >= 15 is 0 Å². The molecular weight excluding hydrogens is 296 g/mol. The highest BCUT2D eigenvalue weighted by molar-refractivity contribution is 5.92. The Balaban J connectivity index is 1.90. The molecule has 2 fully saturated rings. The van der Waals surface area contributed by atoms with Crippen LogP contribution >= 0.6 is 0 Å². The van der Waals surface area contributed by atoms with Gasteiger partial charge in [-0.05, 0) is 44.1 Å². The lowest BCUT2D eigenvalue weighted by atomic mass is 9.80. The first-order chi connectivity index (χ1) is 11.1. The van der Waals surface area contributed by atoms with E-state index in [2.05, 4.69) is 0 Å². The number of rotatable bonds is 6. The van der Waals surface area contributed by atoms with Crippen LogP contribution in [0.4, 0.5) is 0 Å². The van der Waals surface area contributed by atoms with Crippen LogP contribution in [0.25, 0.3) is 0 Å². The van der Waals surface area contributed by atoms with E-state index in [1.54, 1.807) is 27.4 Å².